The Balaban J connectivity index is 1.54. The molecule has 4 heterocycles. The van der Waals surface area contributed by atoms with Crippen LogP contribution in [0.25, 0.3) is 5.65 Å². The maximum atomic E-state index is 12.7. The van der Waals surface area contributed by atoms with Crippen LogP contribution in [0, 0.1) is 0 Å². The van der Waals surface area contributed by atoms with Crippen LogP contribution in [-0.4, -0.2) is 56.6 Å². The highest BCUT2D eigenvalue weighted by Crippen LogP contribution is 2.27. The van der Waals surface area contributed by atoms with Crippen LogP contribution >= 0.6 is 0 Å². The van der Waals surface area contributed by atoms with Crippen LogP contribution in [0.15, 0.2) is 35.5 Å². The molecule has 10 heteroatoms. The number of aromatic nitrogens is 5. The van der Waals surface area contributed by atoms with E-state index in [1.807, 2.05) is 13.8 Å². The molecular formula is C20H25N7O3. The quantitative estimate of drug-likeness (QED) is 0.651. The lowest BCUT2D eigenvalue weighted by Crippen LogP contribution is -2.33. The highest BCUT2D eigenvalue weighted by atomic mass is 16.5. The maximum absolute atomic E-state index is 12.7. The summed E-state index contributed by atoms with van der Waals surface area (Å²) >= 11 is 0. The van der Waals surface area contributed by atoms with Crippen LogP contribution < -0.4 is 15.8 Å². The number of ether oxygens (including phenoxy) is 1. The number of hydrogen-bond acceptors (Lipinski definition) is 7. The zero-order valence-electron chi connectivity index (χ0n) is 17.3. The fourth-order valence-corrected chi connectivity index (χ4v) is 3.65. The van der Waals surface area contributed by atoms with E-state index in [0.29, 0.717) is 11.3 Å². The molecule has 30 heavy (non-hydrogen) atoms. The summed E-state index contributed by atoms with van der Waals surface area (Å²) < 4.78 is 8.36. The summed E-state index contributed by atoms with van der Waals surface area (Å²) in [5.41, 5.74) is 2.58. The second-order valence-corrected chi connectivity index (χ2v) is 7.72. The smallest absolute Gasteiger partial charge is 0.269 e. The van der Waals surface area contributed by atoms with Crippen molar-refractivity contribution in [3.63, 3.8) is 0 Å². The summed E-state index contributed by atoms with van der Waals surface area (Å²) in [5, 5.41) is 15.1. The second kappa shape index (κ2) is 8.23. The number of nitrogens with zero attached hydrogens (tertiary/aromatic N) is 6. The van der Waals surface area contributed by atoms with Gasteiger partial charge in [-0.2, -0.15) is 5.10 Å². The van der Waals surface area contributed by atoms with Crippen LogP contribution in [0.3, 0.4) is 0 Å². The second-order valence-electron chi connectivity index (χ2n) is 7.72. The third-order valence-corrected chi connectivity index (χ3v) is 5.24. The molecule has 1 N–H and O–H groups in total. The van der Waals surface area contributed by atoms with Gasteiger partial charge in [-0.05, 0) is 24.5 Å². The number of methoxy groups -OCH3 is 1. The Hall–Kier alpha value is -3.27. The number of carbonyl (C=O) groups excluding carboxylic acids is 1. The van der Waals surface area contributed by atoms with Crippen molar-refractivity contribution in [3.8, 4) is 0 Å². The van der Waals surface area contributed by atoms with Gasteiger partial charge in [0.15, 0.2) is 5.65 Å². The molecule has 0 aromatic carbocycles. The molecule has 0 unspecified atom stereocenters. The molecule has 1 aliphatic rings. The summed E-state index contributed by atoms with van der Waals surface area (Å²) in [7, 11) is 1.70. The molecule has 1 amide bonds. The van der Waals surface area contributed by atoms with Gasteiger partial charge in [-0.1, -0.05) is 13.8 Å². The van der Waals surface area contributed by atoms with Crippen molar-refractivity contribution in [2.75, 3.05) is 30.4 Å². The number of amides is 1. The highest BCUT2D eigenvalue weighted by Gasteiger charge is 2.26. The molecule has 0 radical (unpaired) electrons. The Morgan fingerprint density at radius 1 is 1.37 bits per heavy atom. The lowest BCUT2D eigenvalue weighted by molar-refractivity contribution is -0.117. The van der Waals surface area contributed by atoms with Crippen molar-refractivity contribution in [2.24, 2.45) is 0 Å². The van der Waals surface area contributed by atoms with E-state index in [0.717, 1.165) is 30.9 Å². The molecule has 158 valence electrons. The van der Waals surface area contributed by atoms with E-state index in [-0.39, 0.29) is 30.0 Å². The minimum Gasteiger partial charge on any atom is -0.380 e. The first-order valence-electron chi connectivity index (χ1n) is 9.93. The van der Waals surface area contributed by atoms with E-state index in [4.69, 9.17) is 4.74 Å². The first kappa shape index (κ1) is 20.0. The summed E-state index contributed by atoms with van der Waals surface area (Å²) in [6, 6.07) is 5.07. The van der Waals surface area contributed by atoms with Crippen molar-refractivity contribution >= 4 is 22.9 Å². The number of anilines is 2. The van der Waals surface area contributed by atoms with Gasteiger partial charge in [0.05, 0.1) is 23.2 Å². The average molecular weight is 411 g/mol. The van der Waals surface area contributed by atoms with Gasteiger partial charge >= 0.3 is 0 Å². The van der Waals surface area contributed by atoms with Crippen molar-refractivity contribution in [2.45, 2.75) is 38.8 Å². The van der Waals surface area contributed by atoms with E-state index in [1.165, 1.54) is 4.68 Å². The maximum Gasteiger partial charge on any atom is 0.269 e. The third-order valence-electron chi connectivity index (χ3n) is 5.24. The topological polar surface area (TPSA) is 107 Å². The van der Waals surface area contributed by atoms with Crippen LogP contribution in [0.4, 0.5) is 11.4 Å². The summed E-state index contributed by atoms with van der Waals surface area (Å²) in [5.74, 6) is -0.229. The number of fused-ring (bicyclic) bond motifs is 1. The molecule has 1 saturated heterocycles. The molecule has 3 aromatic rings. The number of rotatable bonds is 6. The Kier molecular flexibility index (Phi) is 5.49. The Morgan fingerprint density at radius 3 is 2.93 bits per heavy atom. The predicted molar refractivity (Wildman–Crippen MR) is 112 cm³/mol. The van der Waals surface area contributed by atoms with Gasteiger partial charge in [0.25, 0.3) is 5.56 Å². The summed E-state index contributed by atoms with van der Waals surface area (Å²) in [6.45, 7) is 5.43. The first-order chi connectivity index (χ1) is 14.4. The van der Waals surface area contributed by atoms with Gasteiger partial charge in [0.1, 0.15) is 12.9 Å². The van der Waals surface area contributed by atoms with E-state index in [2.05, 4.69) is 25.5 Å². The molecule has 0 aliphatic carbocycles. The van der Waals surface area contributed by atoms with Gasteiger partial charge < -0.3 is 15.0 Å². The van der Waals surface area contributed by atoms with Crippen molar-refractivity contribution < 1.29 is 9.53 Å². The normalized spacial score (nSPS) is 16.5. The lowest BCUT2D eigenvalue weighted by Gasteiger charge is -2.23. The van der Waals surface area contributed by atoms with Gasteiger partial charge in [0, 0.05) is 32.5 Å². The highest BCUT2D eigenvalue weighted by molar-refractivity contribution is 5.90. The predicted octanol–water partition coefficient (Wildman–Crippen LogP) is 1.27. The number of pyridine rings is 1. The van der Waals surface area contributed by atoms with Gasteiger partial charge in [0.2, 0.25) is 5.91 Å². The van der Waals surface area contributed by atoms with Gasteiger partial charge in [-0.15, -0.1) is 10.2 Å². The minimum atomic E-state index is -0.333. The van der Waals surface area contributed by atoms with E-state index in [1.54, 1.807) is 42.2 Å². The van der Waals surface area contributed by atoms with E-state index in [9.17, 15) is 9.59 Å². The number of carbonyl (C=O) groups is 1. The zero-order valence-corrected chi connectivity index (χ0v) is 17.3. The summed E-state index contributed by atoms with van der Waals surface area (Å²) in [4.78, 5) is 27.4. The van der Waals surface area contributed by atoms with Crippen LogP contribution in [-0.2, 0) is 16.1 Å². The number of hydrogen-bond donors (Lipinski definition) is 1. The lowest BCUT2D eigenvalue weighted by atomic mass is 10.1. The molecule has 1 atom stereocenters. The Morgan fingerprint density at radius 2 is 2.20 bits per heavy atom. The van der Waals surface area contributed by atoms with Crippen LogP contribution in [0.2, 0.25) is 0 Å². The van der Waals surface area contributed by atoms with Crippen molar-refractivity contribution in [3.05, 3.63) is 46.8 Å². The molecule has 0 bridgehead atoms. The van der Waals surface area contributed by atoms with Crippen molar-refractivity contribution in [1.82, 2.24) is 24.4 Å². The number of nitrogens with one attached hydrogen (secondary N) is 1. The molecule has 0 saturated carbocycles. The monoisotopic (exact) mass is 411 g/mol. The molecule has 1 aliphatic heterocycles. The standard InChI is InChI=1S/C20H25N7O3/c1-13(2)20-16(25-7-6-15(10-25)30-3)8-19(29)27(24-20)11-18(28)22-14-4-5-17-23-21-12-26(17)9-14/h4-5,8-9,12-13,15H,6-7,10-11H2,1-3H3,(H,22,28)/t15-/m1/s1. The van der Waals surface area contributed by atoms with Gasteiger partial charge in [-0.3, -0.25) is 14.0 Å². The third kappa shape index (κ3) is 4.04. The van der Waals surface area contributed by atoms with Crippen LogP contribution in [0.5, 0.6) is 0 Å². The van der Waals surface area contributed by atoms with E-state index >= 15 is 0 Å². The Bertz CT molecular complexity index is 1120. The molecule has 4 rings (SSSR count). The zero-order chi connectivity index (χ0) is 21.3. The SMILES string of the molecule is CO[C@@H]1CCN(c2cc(=O)n(CC(=O)Nc3ccc4nncn4c3)nc2C(C)C)C1. The molecular weight excluding hydrogens is 386 g/mol. The van der Waals surface area contributed by atoms with Crippen molar-refractivity contribution in [1.29, 1.82) is 0 Å². The van der Waals surface area contributed by atoms with E-state index < -0.39 is 0 Å². The largest absolute Gasteiger partial charge is 0.380 e. The molecule has 0 spiro atoms. The first-order valence-corrected chi connectivity index (χ1v) is 9.93. The Labute approximate surface area is 173 Å². The summed E-state index contributed by atoms with van der Waals surface area (Å²) in [6.07, 6.45) is 4.33. The average Bonchev–Trinajstić information content (AvgIpc) is 3.37. The molecule has 3 aromatic heterocycles. The van der Waals surface area contributed by atoms with Gasteiger partial charge in [-0.25, -0.2) is 4.68 Å². The fourth-order valence-electron chi connectivity index (χ4n) is 3.65. The molecule has 10 nitrogen and oxygen atoms in total. The van der Waals surface area contributed by atoms with Crippen LogP contribution in [0.1, 0.15) is 31.9 Å². The minimum absolute atomic E-state index is 0.104. The fraction of sp³-hybridized carbons (Fsp3) is 0.450. The molecule has 1 fully saturated rings.